The number of benzene rings is 1. The third-order valence-electron chi connectivity index (χ3n) is 3.85. The smallest absolute Gasteiger partial charge is 0.269 e. The van der Waals surface area contributed by atoms with Crippen LogP contribution >= 0.6 is 0 Å². The number of rotatable bonds is 6. The normalized spacial score (nSPS) is 14.2. The predicted molar refractivity (Wildman–Crippen MR) is 97.8 cm³/mol. The number of anilines is 2. The second-order valence-corrected chi connectivity index (χ2v) is 7.43. The highest BCUT2D eigenvalue weighted by Gasteiger charge is 2.26. The van der Waals surface area contributed by atoms with E-state index in [9.17, 15) is 10.1 Å². The van der Waals surface area contributed by atoms with E-state index in [0.717, 1.165) is 17.1 Å². The maximum Gasteiger partial charge on any atom is 0.269 e. The minimum atomic E-state index is -0.395. The number of nitrogens with one attached hydrogen (secondary N) is 2. The Labute approximate surface area is 147 Å². The van der Waals surface area contributed by atoms with Gasteiger partial charge in [-0.05, 0) is 39.2 Å². The van der Waals surface area contributed by atoms with Crippen LogP contribution in [-0.2, 0) is 6.54 Å². The molecule has 7 nitrogen and oxygen atoms in total. The minimum Gasteiger partial charge on any atom is -0.366 e. The molecule has 3 rings (SSSR count). The molecule has 7 heteroatoms. The van der Waals surface area contributed by atoms with Crippen molar-refractivity contribution in [3.05, 3.63) is 51.7 Å². The number of hydrogen-bond donors (Lipinski definition) is 2. The second kappa shape index (κ2) is 6.66. The molecule has 0 amide bonds. The van der Waals surface area contributed by atoms with Gasteiger partial charge < -0.3 is 10.6 Å². The predicted octanol–water partition coefficient (Wildman–Crippen LogP) is 4.08. The second-order valence-electron chi connectivity index (χ2n) is 7.43. The molecule has 1 aromatic carbocycles. The van der Waals surface area contributed by atoms with E-state index >= 15 is 0 Å². The van der Waals surface area contributed by atoms with E-state index < -0.39 is 4.92 Å². The lowest BCUT2D eigenvalue weighted by molar-refractivity contribution is -0.384. The Balaban J connectivity index is 1.73. The molecule has 132 valence electrons. The van der Waals surface area contributed by atoms with Crippen LogP contribution in [0, 0.1) is 10.1 Å². The zero-order chi connectivity index (χ0) is 18.0. The molecular weight excluding hydrogens is 318 g/mol. The fourth-order valence-electron chi connectivity index (χ4n) is 2.46. The van der Waals surface area contributed by atoms with E-state index in [4.69, 9.17) is 0 Å². The third kappa shape index (κ3) is 4.89. The lowest BCUT2D eigenvalue weighted by atomic mass is 10.1. The van der Waals surface area contributed by atoms with Gasteiger partial charge in [-0.3, -0.25) is 10.1 Å². The van der Waals surface area contributed by atoms with Gasteiger partial charge >= 0.3 is 0 Å². The van der Waals surface area contributed by atoms with E-state index in [1.54, 1.807) is 12.1 Å². The van der Waals surface area contributed by atoms with Gasteiger partial charge in [-0.2, -0.15) is 4.98 Å². The molecule has 1 aromatic heterocycles. The molecule has 1 heterocycles. The van der Waals surface area contributed by atoms with Crippen LogP contribution in [0.4, 0.5) is 17.5 Å². The maximum atomic E-state index is 10.7. The molecule has 1 aliphatic rings. The number of nitro benzene ring substituents is 1. The Bertz CT molecular complexity index is 764. The van der Waals surface area contributed by atoms with E-state index in [1.165, 1.54) is 25.0 Å². The molecule has 2 N–H and O–H groups in total. The third-order valence-corrected chi connectivity index (χ3v) is 3.85. The first-order valence-corrected chi connectivity index (χ1v) is 8.44. The van der Waals surface area contributed by atoms with Crippen LogP contribution in [0.2, 0.25) is 0 Å². The van der Waals surface area contributed by atoms with Crippen molar-refractivity contribution in [3.8, 4) is 0 Å². The van der Waals surface area contributed by atoms with Crippen LogP contribution in [0.3, 0.4) is 0 Å². The average Bonchev–Trinajstić information content (AvgIpc) is 3.36. The van der Waals surface area contributed by atoms with Crippen molar-refractivity contribution in [3.63, 3.8) is 0 Å². The monoisotopic (exact) mass is 341 g/mol. The topological polar surface area (TPSA) is 93.0 Å². The molecule has 1 saturated carbocycles. The number of nitrogens with zero attached hydrogens (tertiary/aromatic N) is 3. The van der Waals surface area contributed by atoms with Crippen LogP contribution in [0.5, 0.6) is 0 Å². The largest absolute Gasteiger partial charge is 0.366 e. The molecule has 0 spiro atoms. The Kier molecular flexibility index (Phi) is 4.57. The molecule has 0 bridgehead atoms. The van der Waals surface area contributed by atoms with Gasteiger partial charge in [0.15, 0.2) is 0 Å². The number of aromatic nitrogens is 2. The van der Waals surface area contributed by atoms with Gasteiger partial charge in [0.05, 0.1) is 10.6 Å². The summed E-state index contributed by atoms with van der Waals surface area (Å²) in [6, 6.07) is 8.53. The lowest BCUT2D eigenvalue weighted by Crippen LogP contribution is -2.27. The lowest BCUT2D eigenvalue weighted by Gasteiger charge is -2.21. The maximum absolute atomic E-state index is 10.7. The van der Waals surface area contributed by atoms with Gasteiger partial charge in [-0.25, -0.2) is 4.98 Å². The van der Waals surface area contributed by atoms with Gasteiger partial charge in [0.2, 0.25) is 5.95 Å². The van der Waals surface area contributed by atoms with Crippen LogP contribution in [0.1, 0.15) is 50.8 Å². The van der Waals surface area contributed by atoms with Crippen molar-refractivity contribution in [2.24, 2.45) is 0 Å². The first-order chi connectivity index (χ1) is 11.8. The van der Waals surface area contributed by atoms with Crippen LogP contribution in [0.25, 0.3) is 0 Å². The molecule has 1 fully saturated rings. The van der Waals surface area contributed by atoms with Crippen molar-refractivity contribution in [2.75, 3.05) is 10.6 Å². The van der Waals surface area contributed by atoms with Crippen LogP contribution < -0.4 is 10.6 Å². The molecule has 0 aliphatic heterocycles. The van der Waals surface area contributed by atoms with E-state index in [0.29, 0.717) is 18.4 Å². The quantitative estimate of drug-likeness (QED) is 0.607. The number of non-ortho nitro benzene ring substituents is 1. The molecule has 25 heavy (non-hydrogen) atoms. The fourth-order valence-corrected chi connectivity index (χ4v) is 2.46. The molecule has 0 saturated heterocycles. The van der Waals surface area contributed by atoms with Crippen LogP contribution in [0.15, 0.2) is 30.3 Å². The van der Waals surface area contributed by atoms with Gasteiger partial charge in [-0.1, -0.05) is 12.1 Å². The summed E-state index contributed by atoms with van der Waals surface area (Å²) in [5, 5.41) is 17.3. The molecule has 0 radical (unpaired) electrons. The van der Waals surface area contributed by atoms with E-state index in [2.05, 4.69) is 41.4 Å². The summed E-state index contributed by atoms with van der Waals surface area (Å²) in [5.41, 5.74) is 2.01. The summed E-state index contributed by atoms with van der Waals surface area (Å²) in [7, 11) is 0. The summed E-state index contributed by atoms with van der Waals surface area (Å²) >= 11 is 0. The highest BCUT2D eigenvalue weighted by Crippen LogP contribution is 2.40. The Hall–Kier alpha value is -2.70. The summed E-state index contributed by atoms with van der Waals surface area (Å²) in [6.07, 6.45) is 2.35. The number of nitro groups is 1. The standard InChI is InChI=1S/C18H23N5O2/c1-18(2,3)22-17-20-15(13-6-7-13)10-16(21-17)19-11-12-4-8-14(9-5-12)23(24)25/h4-5,8-10,13H,6-7,11H2,1-3H3,(H2,19,20,21,22). The fraction of sp³-hybridized carbons (Fsp3) is 0.444. The Morgan fingerprint density at radius 3 is 2.44 bits per heavy atom. The van der Waals surface area contributed by atoms with Crippen molar-refractivity contribution in [2.45, 2.75) is 51.6 Å². The van der Waals surface area contributed by atoms with Crippen molar-refractivity contribution < 1.29 is 4.92 Å². The Morgan fingerprint density at radius 1 is 1.20 bits per heavy atom. The summed E-state index contributed by atoms with van der Waals surface area (Å²) in [5.74, 6) is 1.92. The molecule has 0 unspecified atom stereocenters. The van der Waals surface area contributed by atoms with E-state index in [-0.39, 0.29) is 11.2 Å². The first-order valence-electron chi connectivity index (χ1n) is 8.44. The Morgan fingerprint density at radius 2 is 1.88 bits per heavy atom. The summed E-state index contributed by atoms with van der Waals surface area (Å²) < 4.78 is 0. The highest BCUT2D eigenvalue weighted by molar-refractivity contribution is 5.45. The summed E-state index contributed by atoms with van der Waals surface area (Å²) in [4.78, 5) is 19.5. The van der Waals surface area contributed by atoms with Gasteiger partial charge in [0, 0.05) is 36.2 Å². The van der Waals surface area contributed by atoms with Crippen LogP contribution in [-0.4, -0.2) is 20.4 Å². The molecule has 1 aliphatic carbocycles. The highest BCUT2D eigenvalue weighted by atomic mass is 16.6. The van der Waals surface area contributed by atoms with E-state index in [1.807, 2.05) is 6.07 Å². The molecule has 0 atom stereocenters. The molecule has 2 aromatic rings. The van der Waals surface area contributed by atoms with Crippen molar-refractivity contribution in [1.29, 1.82) is 0 Å². The van der Waals surface area contributed by atoms with Crippen molar-refractivity contribution >= 4 is 17.5 Å². The molecular formula is C18H23N5O2. The van der Waals surface area contributed by atoms with Gasteiger partial charge in [0.1, 0.15) is 5.82 Å². The summed E-state index contributed by atoms with van der Waals surface area (Å²) in [6.45, 7) is 6.77. The first kappa shape index (κ1) is 17.1. The SMILES string of the molecule is CC(C)(C)Nc1nc(NCc2ccc([N+](=O)[O-])cc2)cc(C2CC2)n1. The van der Waals surface area contributed by atoms with Gasteiger partial charge in [0.25, 0.3) is 5.69 Å². The zero-order valence-corrected chi connectivity index (χ0v) is 14.7. The average molecular weight is 341 g/mol. The van der Waals surface area contributed by atoms with Crippen molar-refractivity contribution in [1.82, 2.24) is 9.97 Å². The zero-order valence-electron chi connectivity index (χ0n) is 14.7. The number of hydrogen-bond acceptors (Lipinski definition) is 6. The minimum absolute atomic E-state index is 0.0958. The van der Waals surface area contributed by atoms with Gasteiger partial charge in [-0.15, -0.1) is 0 Å².